The van der Waals surface area contributed by atoms with E-state index in [9.17, 15) is 0 Å². The van der Waals surface area contributed by atoms with Crippen LogP contribution >= 0.6 is 11.8 Å². The summed E-state index contributed by atoms with van der Waals surface area (Å²) in [6, 6.07) is 8.45. The fourth-order valence-corrected chi connectivity index (χ4v) is 15.9. The van der Waals surface area contributed by atoms with Gasteiger partial charge in [-0.25, -0.2) is 0 Å². The summed E-state index contributed by atoms with van der Waals surface area (Å²) in [6.45, 7) is 6.55. The number of hydrogen-bond donors (Lipinski definition) is 1. The SMILES string of the molecule is CCCC[O][Sn]([CH2]SC)([O]CCCC)[c]1ccccc1CN. The van der Waals surface area contributed by atoms with Gasteiger partial charge in [0.05, 0.1) is 0 Å². The molecule has 0 aromatic heterocycles. The van der Waals surface area contributed by atoms with Crippen molar-refractivity contribution in [2.24, 2.45) is 5.73 Å². The normalized spacial score (nSPS) is 11.8. The average Bonchev–Trinajstić information content (AvgIpc) is 2.55. The third-order valence-electron chi connectivity index (χ3n) is 3.65. The number of rotatable bonds is 12. The Morgan fingerprint density at radius 2 is 1.64 bits per heavy atom. The summed E-state index contributed by atoms with van der Waals surface area (Å²) in [7, 11) is 0. The van der Waals surface area contributed by atoms with Gasteiger partial charge in [0.15, 0.2) is 0 Å². The van der Waals surface area contributed by atoms with E-state index < -0.39 is 19.2 Å². The molecule has 0 spiro atoms. The third kappa shape index (κ3) is 6.04. The van der Waals surface area contributed by atoms with Crippen LogP contribution in [0.3, 0.4) is 0 Å². The topological polar surface area (TPSA) is 44.5 Å². The predicted molar refractivity (Wildman–Crippen MR) is 99.8 cm³/mol. The zero-order valence-electron chi connectivity index (χ0n) is 14.3. The second kappa shape index (κ2) is 11.7. The standard InChI is InChI=1S/C7H8N.2C4H9O.C2H5S.Sn/c8-6-7-4-2-1-3-5-7;2*1-2-3-4-5;1-3-2;/h1-4H,6,8H2;2*2-4H2,1H3;1H2,2H3;/q;2*-1;;+2. The van der Waals surface area contributed by atoms with Crippen LogP contribution in [-0.4, -0.2) is 42.4 Å². The van der Waals surface area contributed by atoms with E-state index in [2.05, 4.69) is 44.4 Å². The second-order valence-electron chi connectivity index (χ2n) is 5.45. The Kier molecular flexibility index (Phi) is 10.8. The molecule has 0 unspecified atom stereocenters. The molecule has 126 valence electrons. The van der Waals surface area contributed by atoms with Crippen LogP contribution in [0, 0.1) is 0 Å². The van der Waals surface area contributed by atoms with Crippen molar-refractivity contribution >= 4 is 34.5 Å². The Hall–Kier alpha value is 0.249. The molecule has 0 saturated heterocycles. The Morgan fingerprint density at radius 1 is 1.05 bits per heavy atom. The Labute approximate surface area is 145 Å². The van der Waals surface area contributed by atoms with Crippen molar-refractivity contribution in [3.05, 3.63) is 29.8 Å². The van der Waals surface area contributed by atoms with E-state index in [1.54, 1.807) is 0 Å². The Balaban J connectivity index is 3.08. The zero-order chi connectivity index (χ0) is 16.3. The summed E-state index contributed by atoms with van der Waals surface area (Å²) in [5, 5.41) is 0. The fourth-order valence-electron chi connectivity index (χ4n) is 2.38. The van der Waals surface area contributed by atoms with Crippen molar-refractivity contribution in [3.63, 3.8) is 0 Å². The van der Waals surface area contributed by atoms with Gasteiger partial charge in [-0.05, 0) is 0 Å². The molecule has 2 N–H and O–H groups in total. The van der Waals surface area contributed by atoms with Crippen molar-refractivity contribution in [1.29, 1.82) is 0 Å². The van der Waals surface area contributed by atoms with Crippen molar-refractivity contribution in [2.75, 3.05) is 23.2 Å². The van der Waals surface area contributed by atoms with Gasteiger partial charge in [0.25, 0.3) is 0 Å². The third-order valence-corrected chi connectivity index (χ3v) is 17.6. The average molecular weight is 432 g/mol. The molecule has 1 rings (SSSR count). The number of benzene rings is 1. The quantitative estimate of drug-likeness (QED) is 0.407. The van der Waals surface area contributed by atoms with Crippen LogP contribution in [0.4, 0.5) is 0 Å². The minimum atomic E-state index is -3.32. The number of hydrogen-bond acceptors (Lipinski definition) is 4. The van der Waals surface area contributed by atoms with Gasteiger partial charge in [0, 0.05) is 0 Å². The summed E-state index contributed by atoms with van der Waals surface area (Å²) in [5.41, 5.74) is 7.16. The second-order valence-corrected chi connectivity index (χ2v) is 16.3. The summed E-state index contributed by atoms with van der Waals surface area (Å²) in [5.74, 6) is 0. The molecule has 0 amide bonds. The maximum atomic E-state index is 6.50. The first kappa shape index (κ1) is 20.3. The molecule has 0 fully saturated rings. The van der Waals surface area contributed by atoms with Crippen LogP contribution in [0.1, 0.15) is 45.1 Å². The molecule has 3 nitrogen and oxygen atoms in total. The minimum absolute atomic E-state index is 0.553. The zero-order valence-corrected chi connectivity index (χ0v) is 17.9. The molecule has 0 heterocycles. The molecular weight excluding hydrogens is 401 g/mol. The van der Waals surface area contributed by atoms with E-state index in [0.29, 0.717) is 6.54 Å². The van der Waals surface area contributed by atoms with E-state index in [0.717, 1.165) is 42.7 Å². The van der Waals surface area contributed by atoms with Crippen LogP contribution in [0.2, 0.25) is 0 Å². The monoisotopic (exact) mass is 433 g/mol. The number of nitrogens with two attached hydrogens (primary N) is 1. The summed E-state index contributed by atoms with van der Waals surface area (Å²) >= 11 is -1.48. The van der Waals surface area contributed by atoms with E-state index in [4.69, 9.17) is 11.9 Å². The Morgan fingerprint density at radius 3 is 2.14 bits per heavy atom. The van der Waals surface area contributed by atoms with Gasteiger partial charge in [-0.2, -0.15) is 0 Å². The first-order valence-corrected chi connectivity index (χ1v) is 15.5. The van der Waals surface area contributed by atoms with Crippen LogP contribution in [0.5, 0.6) is 0 Å². The van der Waals surface area contributed by atoms with Gasteiger partial charge in [-0.15, -0.1) is 0 Å². The van der Waals surface area contributed by atoms with Gasteiger partial charge in [-0.1, -0.05) is 0 Å². The van der Waals surface area contributed by atoms with Gasteiger partial charge < -0.3 is 0 Å². The van der Waals surface area contributed by atoms with Gasteiger partial charge in [0.1, 0.15) is 0 Å². The van der Waals surface area contributed by atoms with Crippen LogP contribution < -0.4 is 9.31 Å². The van der Waals surface area contributed by atoms with Crippen molar-refractivity contribution in [1.82, 2.24) is 0 Å². The van der Waals surface area contributed by atoms with Gasteiger partial charge in [-0.3, -0.25) is 0 Å². The van der Waals surface area contributed by atoms with Crippen LogP contribution in [0.25, 0.3) is 0 Å². The summed E-state index contributed by atoms with van der Waals surface area (Å²) in [4.78, 5) is 0. The molecule has 0 atom stereocenters. The van der Waals surface area contributed by atoms with Gasteiger partial charge >= 0.3 is 146 Å². The van der Waals surface area contributed by atoms with E-state index in [1.165, 1.54) is 9.14 Å². The van der Waals surface area contributed by atoms with Crippen molar-refractivity contribution in [3.8, 4) is 0 Å². The molecule has 22 heavy (non-hydrogen) atoms. The van der Waals surface area contributed by atoms with E-state index in [-0.39, 0.29) is 0 Å². The number of thioether (sulfide) groups is 1. The summed E-state index contributed by atoms with van der Waals surface area (Å²) < 4.78 is 15.3. The predicted octanol–water partition coefficient (Wildman–Crippen LogP) is 3.33. The molecule has 1 aromatic carbocycles. The van der Waals surface area contributed by atoms with E-state index >= 15 is 0 Å². The molecule has 0 radical (unpaired) electrons. The maximum absolute atomic E-state index is 6.50. The molecule has 5 heteroatoms. The Bertz CT molecular complexity index is 407. The molecule has 0 aliphatic carbocycles. The van der Waals surface area contributed by atoms with E-state index in [1.807, 2.05) is 11.8 Å². The molecule has 0 aliphatic rings. The molecule has 0 saturated carbocycles. The van der Waals surface area contributed by atoms with Crippen molar-refractivity contribution < 1.29 is 6.15 Å². The molecule has 0 aliphatic heterocycles. The molecule has 1 aromatic rings. The van der Waals surface area contributed by atoms with Crippen molar-refractivity contribution in [2.45, 2.75) is 46.1 Å². The fraction of sp³-hybridized carbons (Fsp3) is 0.647. The first-order valence-electron chi connectivity index (χ1n) is 8.29. The summed E-state index contributed by atoms with van der Waals surface area (Å²) in [6.07, 6.45) is 6.62. The van der Waals surface area contributed by atoms with Crippen LogP contribution in [0.15, 0.2) is 24.3 Å². The van der Waals surface area contributed by atoms with Crippen LogP contribution in [-0.2, 0) is 12.7 Å². The molecule has 0 bridgehead atoms. The number of unbranched alkanes of at least 4 members (excludes halogenated alkanes) is 2. The first-order chi connectivity index (χ1) is 10.7. The molecular formula is C17H31NO2SSn. The van der Waals surface area contributed by atoms with Gasteiger partial charge in [0.2, 0.25) is 0 Å².